The molecule has 15 heteroatoms. The molecule has 0 radical (unpaired) electrons. The second kappa shape index (κ2) is 9.47. The first-order valence-electron chi connectivity index (χ1n) is 11.3. The summed E-state index contributed by atoms with van der Waals surface area (Å²) in [4.78, 5) is 8.71. The Labute approximate surface area is 222 Å². The Morgan fingerprint density at radius 2 is 1.95 bits per heavy atom. The maximum Gasteiger partial charge on any atom is 0.169 e. The van der Waals surface area contributed by atoms with E-state index in [0.29, 0.717) is 27.5 Å². The summed E-state index contributed by atoms with van der Waals surface area (Å²) >= 11 is 8.81. The molecule has 5 aromatic rings. The number of rotatable bonds is 5. The number of aryl methyl sites for hydroxylation is 2. The normalized spacial score (nSPS) is 24.2. The summed E-state index contributed by atoms with van der Waals surface area (Å²) in [5.41, 5.74) is 2.10. The zero-order valence-electron chi connectivity index (χ0n) is 19.5. The third kappa shape index (κ3) is 4.24. The molecular formula is C22H21ClN8O4S2. The number of halogens is 1. The van der Waals surface area contributed by atoms with Crippen LogP contribution in [-0.2, 0) is 4.74 Å². The van der Waals surface area contributed by atoms with Gasteiger partial charge in [-0.1, -0.05) is 16.8 Å². The largest absolute Gasteiger partial charge is 0.394 e. The predicted molar refractivity (Wildman–Crippen MR) is 136 cm³/mol. The minimum absolute atomic E-state index is 0.327. The topological polar surface area (TPSA) is 157 Å². The summed E-state index contributed by atoms with van der Waals surface area (Å²) < 4.78 is 10.1. The van der Waals surface area contributed by atoms with Crippen LogP contribution in [0.25, 0.3) is 26.6 Å². The highest BCUT2D eigenvalue weighted by Gasteiger charge is 2.48. The Hall–Kier alpha value is -2.85. The van der Waals surface area contributed by atoms with Crippen molar-refractivity contribution >= 4 is 44.5 Å². The number of hydrogen-bond acceptors (Lipinski definition) is 12. The van der Waals surface area contributed by atoms with Crippen molar-refractivity contribution in [3.8, 4) is 16.4 Å². The molecule has 1 aliphatic heterocycles. The van der Waals surface area contributed by atoms with Crippen LogP contribution in [0.15, 0.2) is 29.8 Å². The highest BCUT2D eigenvalue weighted by molar-refractivity contribution is 7.18. The molecule has 3 N–H and O–H groups in total. The molecule has 37 heavy (non-hydrogen) atoms. The Bertz CT molecular complexity index is 1580. The molecule has 5 atom stereocenters. The first kappa shape index (κ1) is 24.5. The van der Waals surface area contributed by atoms with Gasteiger partial charge >= 0.3 is 0 Å². The molecule has 1 fully saturated rings. The van der Waals surface area contributed by atoms with E-state index in [1.54, 1.807) is 34.4 Å². The van der Waals surface area contributed by atoms with Crippen molar-refractivity contribution in [3.05, 3.63) is 51.6 Å². The molecule has 0 bridgehead atoms. The Kier molecular flexibility index (Phi) is 6.27. The maximum absolute atomic E-state index is 11.5. The number of aliphatic hydroxyl groups is 3. The lowest BCUT2D eigenvalue weighted by Crippen LogP contribution is -2.53. The highest BCUT2D eigenvalue weighted by atomic mass is 35.5. The smallest absolute Gasteiger partial charge is 0.169 e. The van der Waals surface area contributed by atoms with Crippen molar-refractivity contribution < 1.29 is 20.1 Å². The first-order chi connectivity index (χ1) is 17.8. The van der Waals surface area contributed by atoms with Crippen molar-refractivity contribution in [1.29, 1.82) is 0 Å². The Morgan fingerprint density at radius 3 is 2.70 bits per heavy atom. The molecule has 6 rings (SSSR count). The van der Waals surface area contributed by atoms with Gasteiger partial charge in [-0.15, -0.1) is 38.0 Å². The lowest BCUT2D eigenvalue weighted by Gasteiger charge is -2.41. The van der Waals surface area contributed by atoms with Crippen molar-refractivity contribution in [2.24, 2.45) is 0 Å². The zero-order valence-corrected chi connectivity index (χ0v) is 21.9. The molecule has 1 aliphatic rings. The number of nitrogens with zero attached hydrogens (tertiary/aromatic N) is 8. The van der Waals surface area contributed by atoms with Crippen LogP contribution in [0.4, 0.5) is 0 Å². The summed E-state index contributed by atoms with van der Waals surface area (Å²) in [5, 5.41) is 52.8. The number of hydrogen-bond donors (Lipinski definition) is 3. The maximum atomic E-state index is 11.5. The standard InChI is InChI=1S/C22H21ClN8O4S2/c1-9-26-28-21(31(9)11-3-4-12-15(5-11)37-10(2)24-12)20-19(34)17(18(33)14(7-32)35-20)30-6-13(27-29-30)22-25-16(23)8-36-22/h3-6,8,14,17-20,32-34H,7H2,1-2H3/t14?,17-,18-,19?,20+/m0/s1. The summed E-state index contributed by atoms with van der Waals surface area (Å²) in [6, 6.07) is 4.80. The number of aromatic nitrogens is 8. The van der Waals surface area contributed by atoms with Crippen LogP contribution in [0, 0.1) is 13.8 Å². The number of ether oxygens (including phenoxy) is 1. The lowest BCUT2D eigenvalue weighted by molar-refractivity contribution is -0.210. The summed E-state index contributed by atoms with van der Waals surface area (Å²) in [6.07, 6.45) is -3.06. The van der Waals surface area contributed by atoms with Gasteiger partial charge in [-0.05, 0) is 32.0 Å². The molecule has 0 spiro atoms. The summed E-state index contributed by atoms with van der Waals surface area (Å²) in [5.74, 6) is 0.909. The molecule has 4 aromatic heterocycles. The van der Waals surface area contributed by atoms with Crippen molar-refractivity contribution in [2.45, 2.75) is 44.3 Å². The van der Waals surface area contributed by atoms with Gasteiger partial charge in [0.15, 0.2) is 5.82 Å². The second-order valence-corrected chi connectivity index (χ2v) is 11.1. The number of benzene rings is 1. The van der Waals surface area contributed by atoms with Crippen LogP contribution in [0.1, 0.15) is 28.8 Å². The monoisotopic (exact) mass is 560 g/mol. The van der Waals surface area contributed by atoms with E-state index in [2.05, 4.69) is 30.5 Å². The van der Waals surface area contributed by atoms with E-state index in [4.69, 9.17) is 16.3 Å². The first-order valence-corrected chi connectivity index (χ1v) is 13.4. The molecule has 1 saturated heterocycles. The van der Waals surface area contributed by atoms with Crippen LogP contribution in [-0.4, -0.2) is 80.0 Å². The van der Waals surface area contributed by atoms with Gasteiger partial charge in [0.25, 0.3) is 0 Å². The number of fused-ring (bicyclic) bond motifs is 1. The molecule has 5 heterocycles. The molecule has 2 unspecified atom stereocenters. The van der Waals surface area contributed by atoms with Crippen molar-refractivity contribution in [3.63, 3.8) is 0 Å². The fraction of sp³-hybridized carbons (Fsp3) is 0.364. The summed E-state index contributed by atoms with van der Waals surface area (Å²) in [6.45, 7) is 3.27. The highest BCUT2D eigenvalue weighted by Crippen LogP contribution is 2.39. The third-order valence-electron chi connectivity index (χ3n) is 6.24. The van der Waals surface area contributed by atoms with Gasteiger partial charge in [0.2, 0.25) is 0 Å². The van der Waals surface area contributed by atoms with Gasteiger partial charge in [0.1, 0.15) is 52.1 Å². The van der Waals surface area contributed by atoms with Crippen LogP contribution in [0.5, 0.6) is 0 Å². The van der Waals surface area contributed by atoms with Gasteiger partial charge in [0, 0.05) is 5.38 Å². The quantitative estimate of drug-likeness (QED) is 0.291. The van der Waals surface area contributed by atoms with Crippen molar-refractivity contribution in [1.82, 2.24) is 39.7 Å². The number of aliphatic hydroxyl groups excluding tert-OH is 3. The zero-order chi connectivity index (χ0) is 25.8. The van der Waals surface area contributed by atoms with E-state index < -0.39 is 37.1 Å². The molecular weight excluding hydrogens is 540 g/mol. The molecule has 1 aromatic carbocycles. The fourth-order valence-electron chi connectivity index (χ4n) is 4.57. The minimum atomic E-state index is -1.30. The van der Waals surface area contributed by atoms with E-state index in [-0.39, 0.29) is 0 Å². The molecule has 192 valence electrons. The average molecular weight is 561 g/mol. The Balaban J connectivity index is 1.39. The Morgan fingerprint density at radius 1 is 1.11 bits per heavy atom. The van der Waals surface area contributed by atoms with Crippen LogP contribution >= 0.6 is 34.3 Å². The fourth-order valence-corrected chi connectivity index (χ4v) is 6.33. The van der Waals surface area contributed by atoms with Crippen LogP contribution < -0.4 is 0 Å². The third-order valence-corrected chi connectivity index (χ3v) is 8.37. The van der Waals surface area contributed by atoms with E-state index in [1.165, 1.54) is 16.0 Å². The van der Waals surface area contributed by atoms with E-state index in [1.807, 2.05) is 25.1 Å². The molecule has 0 saturated carbocycles. The molecule has 0 aliphatic carbocycles. The van der Waals surface area contributed by atoms with Gasteiger partial charge in [-0.3, -0.25) is 4.57 Å². The SMILES string of the molecule is Cc1nc2ccc(-n3c(C)nnc3[C@@H]3OC(CO)[C@H](O)[C@H](n4cc(-c5nc(Cl)cs5)nn4)C3O)cc2s1. The van der Waals surface area contributed by atoms with Crippen LogP contribution in [0.3, 0.4) is 0 Å². The van der Waals surface area contributed by atoms with Gasteiger partial charge in [-0.25, -0.2) is 14.6 Å². The van der Waals surface area contributed by atoms with Gasteiger partial charge in [0.05, 0.1) is 33.7 Å². The van der Waals surface area contributed by atoms with Crippen LogP contribution in [0.2, 0.25) is 5.15 Å². The molecule has 0 amide bonds. The number of thiazole rings is 2. The predicted octanol–water partition coefficient (Wildman–Crippen LogP) is 2.26. The van der Waals surface area contributed by atoms with Crippen molar-refractivity contribution in [2.75, 3.05) is 6.61 Å². The van der Waals surface area contributed by atoms with E-state index in [0.717, 1.165) is 20.9 Å². The van der Waals surface area contributed by atoms with Gasteiger partial charge in [-0.2, -0.15) is 0 Å². The van der Waals surface area contributed by atoms with E-state index in [9.17, 15) is 15.3 Å². The molecule has 12 nitrogen and oxygen atoms in total. The lowest BCUT2D eigenvalue weighted by atomic mass is 9.92. The van der Waals surface area contributed by atoms with Gasteiger partial charge < -0.3 is 20.1 Å². The minimum Gasteiger partial charge on any atom is -0.394 e. The summed E-state index contributed by atoms with van der Waals surface area (Å²) in [7, 11) is 0. The second-order valence-electron chi connectivity index (χ2n) is 8.63. The van der Waals surface area contributed by atoms with E-state index >= 15 is 0 Å². The average Bonchev–Trinajstić information content (AvgIpc) is 3.65.